The zero-order chi connectivity index (χ0) is 12.8. The predicted molar refractivity (Wildman–Crippen MR) is 77.1 cm³/mol. The highest BCUT2D eigenvalue weighted by molar-refractivity contribution is 4.75. The van der Waals surface area contributed by atoms with Crippen LogP contribution >= 0.6 is 0 Å². The minimum absolute atomic E-state index is 0.752. The maximum atomic E-state index is 3.76. The zero-order valence-electron chi connectivity index (χ0n) is 12.2. The third-order valence-electron chi connectivity index (χ3n) is 4.41. The first kappa shape index (κ1) is 14.3. The molecule has 0 spiro atoms. The van der Waals surface area contributed by atoms with Crippen molar-refractivity contribution in [3.05, 3.63) is 0 Å². The fourth-order valence-electron chi connectivity index (χ4n) is 2.94. The summed E-state index contributed by atoms with van der Waals surface area (Å²) in [5.74, 6) is 0. The van der Waals surface area contributed by atoms with E-state index in [1.54, 1.807) is 0 Å². The number of hydrogen-bond acceptors (Lipinski definition) is 4. The Kier molecular flexibility index (Phi) is 5.89. The van der Waals surface area contributed by atoms with Crippen LogP contribution in [0.25, 0.3) is 0 Å². The highest BCUT2D eigenvalue weighted by Gasteiger charge is 2.16. The van der Waals surface area contributed by atoms with Crippen molar-refractivity contribution in [2.75, 3.05) is 66.5 Å². The molecule has 0 radical (unpaired) electrons. The Morgan fingerprint density at radius 3 is 2.39 bits per heavy atom. The molecular formula is C14H30N4. The number of rotatable bonds is 4. The number of nitrogens with one attached hydrogen (secondary N) is 1. The molecule has 2 aliphatic heterocycles. The largest absolute Gasteiger partial charge is 0.313 e. The minimum Gasteiger partial charge on any atom is -0.313 e. The Hall–Kier alpha value is -0.160. The number of likely N-dealkylation sites (N-methyl/N-ethyl adjacent to an activating group) is 1. The topological polar surface area (TPSA) is 21.8 Å². The van der Waals surface area contributed by atoms with Gasteiger partial charge in [-0.2, -0.15) is 0 Å². The van der Waals surface area contributed by atoms with Gasteiger partial charge in [-0.3, -0.25) is 4.90 Å². The molecule has 1 unspecified atom stereocenters. The molecule has 2 aliphatic rings. The molecule has 0 aromatic carbocycles. The van der Waals surface area contributed by atoms with Crippen LogP contribution in [-0.2, 0) is 0 Å². The summed E-state index contributed by atoms with van der Waals surface area (Å²) in [5, 5.41) is 3.76. The molecule has 0 aromatic rings. The molecule has 0 aliphatic carbocycles. The first-order valence-electron chi connectivity index (χ1n) is 7.57. The van der Waals surface area contributed by atoms with Crippen molar-refractivity contribution < 1.29 is 0 Å². The lowest BCUT2D eigenvalue weighted by Gasteiger charge is -2.32. The molecule has 1 atom stereocenters. The van der Waals surface area contributed by atoms with Crippen molar-refractivity contribution >= 4 is 0 Å². The van der Waals surface area contributed by atoms with Crippen molar-refractivity contribution in [1.29, 1.82) is 0 Å². The minimum atomic E-state index is 0.752. The van der Waals surface area contributed by atoms with Gasteiger partial charge in [0.25, 0.3) is 0 Å². The summed E-state index contributed by atoms with van der Waals surface area (Å²) >= 11 is 0. The lowest BCUT2D eigenvalue weighted by atomic mass is 10.1. The van der Waals surface area contributed by atoms with Crippen LogP contribution in [0.1, 0.15) is 19.3 Å². The summed E-state index contributed by atoms with van der Waals surface area (Å²) < 4.78 is 0. The quantitative estimate of drug-likeness (QED) is 0.779. The Bertz CT molecular complexity index is 226. The summed E-state index contributed by atoms with van der Waals surface area (Å²) in [6.07, 6.45) is 4.02. The van der Waals surface area contributed by atoms with Crippen LogP contribution in [0.4, 0.5) is 0 Å². The van der Waals surface area contributed by atoms with E-state index in [-0.39, 0.29) is 0 Å². The molecule has 2 heterocycles. The Morgan fingerprint density at radius 1 is 0.889 bits per heavy atom. The highest BCUT2D eigenvalue weighted by Crippen LogP contribution is 2.09. The summed E-state index contributed by atoms with van der Waals surface area (Å²) in [6, 6.07) is 0.752. The number of piperazine rings is 1. The molecule has 4 nitrogen and oxygen atoms in total. The molecule has 2 rings (SSSR count). The van der Waals surface area contributed by atoms with E-state index in [0.717, 1.165) is 12.6 Å². The molecule has 0 saturated carbocycles. The van der Waals surface area contributed by atoms with Crippen LogP contribution in [0, 0.1) is 0 Å². The molecule has 18 heavy (non-hydrogen) atoms. The van der Waals surface area contributed by atoms with E-state index >= 15 is 0 Å². The molecular weight excluding hydrogens is 224 g/mol. The van der Waals surface area contributed by atoms with E-state index in [2.05, 4.69) is 34.1 Å². The van der Waals surface area contributed by atoms with E-state index in [4.69, 9.17) is 0 Å². The second kappa shape index (κ2) is 7.43. The second-order valence-electron chi connectivity index (χ2n) is 6.03. The van der Waals surface area contributed by atoms with Gasteiger partial charge in [0, 0.05) is 45.3 Å². The number of likely N-dealkylation sites (tertiary alicyclic amines) is 1. The Balaban J connectivity index is 1.57. The summed E-state index contributed by atoms with van der Waals surface area (Å²) in [7, 11) is 4.46. The smallest absolute Gasteiger partial charge is 0.0110 e. The molecule has 1 N–H and O–H groups in total. The van der Waals surface area contributed by atoms with Gasteiger partial charge in [-0.25, -0.2) is 0 Å². The molecule has 4 heteroatoms. The van der Waals surface area contributed by atoms with Gasteiger partial charge in [-0.05, 0) is 46.4 Å². The molecule has 2 fully saturated rings. The van der Waals surface area contributed by atoms with Gasteiger partial charge in [0.2, 0.25) is 0 Å². The predicted octanol–water partition coefficient (Wildman–Crippen LogP) is 0.308. The van der Waals surface area contributed by atoms with E-state index in [1.807, 2.05) is 0 Å². The van der Waals surface area contributed by atoms with Crippen molar-refractivity contribution in [3.63, 3.8) is 0 Å². The normalized spacial score (nSPS) is 29.3. The van der Waals surface area contributed by atoms with Crippen molar-refractivity contribution in [1.82, 2.24) is 20.0 Å². The third-order valence-corrected chi connectivity index (χ3v) is 4.41. The van der Waals surface area contributed by atoms with Crippen molar-refractivity contribution in [2.24, 2.45) is 0 Å². The summed E-state index contributed by atoms with van der Waals surface area (Å²) in [6.45, 7) is 9.86. The van der Waals surface area contributed by atoms with E-state index in [1.165, 1.54) is 65.1 Å². The third kappa shape index (κ3) is 4.84. The molecule has 0 bridgehead atoms. The molecule has 0 amide bonds. The van der Waals surface area contributed by atoms with Crippen molar-refractivity contribution in [3.8, 4) is 0 Å². The Labute approximate surface area is 112 Å². The van der Waals surface area contributed by atoms with Crippen LogP contribution in [0.5, 0.6) is 0 Å². The van der Waals surface area contributed by atoms with Crippen LogP contribution in [0.2, 0.25) is 0 Å². The van der Waals surface area contributed by atoms with Gasteiger partial charge in [-0.1, -0.05) is 0 Å². The fraction of sp³-hybridized carbons (Fsp3) is 1.00. The molecule has 106 valence electrons. The van der Waals surface area contributed by atoms with E-state index in [0.29, 0.717) is 0 Å². The summed E-state index contributed by atoms with van der Waals surface area (Å²) in [4.78, 5) is 7.48. The van der Waals surface area contributed by atoms with Crippen LogP contribution < -0.4 is 5.32 Å². The van der Waals surface area contributed by atoms with Gasteiger partial charge in [0.05, 0.1) is 0 Å². The lowest BCUT2D eigenvalue weighted by molar-refractivity contribution is 0.153. The van der Waals surface area contributed by atoms with Gasteiger partial charge in [-0.15, -0.1) is 0 Å². The zero-order valence-corrected chi connectivity index (χ0v) is 12.2. The van der Waals surface area contributed by atoms with Gasteiger partial charge in [0.1, 0.15) is 0 Å². The van der Waals surface area contributed by atoms with Crippen LogP contribution in [-0.4, -0.2) is 87.2 Å². The number of hydrogen-bond donors (Lipinski definition) is 1. The summed E-state index contributed by atoms with van der Waals surface area (Å²) in [5.41, 5.74) is 0. The van der Waals surface area contributed by atoms with Gasteiger partial charge < -0.3 is 15.1 Å². The molecule has 0 aromatic heterocycles. The van der Waals surface area contributed by atoms with Gasteiger partial charge in [0.15, 0.2) is 0 Å². The lowest BCUT2D eigenvalue weighted by Crippen LogP contribution is -2.47. The van der Waals surface area contributed by atoms with Crippen LogP contribution in [0.3, 0.4) is 0 Å². The maximum Gasteiger partial charge on any atom is 0.0110 e. The van der Waals surface area contributed by atoms with E-state index < -0.39 is 0 Å². The van der Waals surface area contributed by atoms with E-state index in [9.17, 15) is 0 Å². The average Bonchev–Trinajstić information content (AvgIpc) is 2.57. The van der Waals surface area contributed by atoms with Crippen molar-refractivity contribution in [2.45, 2.75) is 25.3 Å². The highest BCUT2D eigenvalue weighted by atomic mass is 15.2. The monoisotopic (exact) mass is 254 g/mol. The average molecular weight is 254 g/mol. The first-order chi connectivity index (χ1) is 8.74. The number of nitrogens with zero attached hydrogens (tertiary/aromatic N) is 3. The van der Waals surface area contributed by atoms with Gasteiger partial charge >= 0.3 is 0 Å². The SMILES string of the molecule is CN1CCCC(NCCN2CCN(C)CC2)CC1. The fourth-order valence-corrected chi connectivity index (χ4v) is 2.94. The Morgan fingerprint density at radius 2 is 1.61 bits per heavy atom. The standard InChI is InChI=1S/C14H30N4/c1-16-7-3-4-14(5-8-16)15-6-9-18-12-10-17(2)11-13-18/h14-15H,3-13H2,1-2H3. The second-order valence-corrected chi connectivity index (χ2v) is 6.03. The first-order valence-corrected chi connectivity index (χ1v) is 7.57. The molecule has 2 saturated heterocycles. The maximum absolute atomic E-state index is 3.76. The van der Waals surface area contributed by atoms with Crippen LogP contribution in [0.15, 0.2) is 0 Å².